The molecule has 0 aliphatic carbocycles. The van der Waals surface area contributed by atoms with E-state index < -0.39 is 0 Å². The number of rotatable bonds is 3. The highest BCUT2D eigenvalue weighted by Gasteiger charge is 2.09. The molecule has 2 nitrogen and oxygen atoms in total. The minimum absolute atomic E-state index is 0.389. The average Bonchev–Trinajstić information content (AvgIpc) is 2.55. The molecule has 0 atom stereocenters. The van der Waals surface area contributed by atoms with Crippen molar-refractivity contribution in [1.29, 1.82) is 0 Å². The standard InChI is InChI=1S/C12H15NOS/c1-3-15-8-9-7-13(2)10-5-4-6-11(14)12(9)10/h4-7,14H,3,8H2,1-2H3. The van der Waals surface area contributed by atoms with E-state index in [4.69, 9.17) is 0 Å². The zero-order chi connectivity index (χ0) is 10.8. The molecule has 1 aromatic carbocycles. The van der Waals surface area contributed by atoms with E-state index in [1.165, 1.54) is 5.56 Å². The SMILES string of the molecule is CCSCc1cn(C)c2cccc(O)c12. The largest absolute Gasteiger partial charge is 0.507 e. The second kappa shape index (κ2) is 4.19. The molecule has 0 aliphatic heterocycles. The number of thioether (sulfide) groups is 1. The van der Waals surface area contributed by atoms with E-state index >= 15 is 0 Å². The molecule has 15 heavy (non-hydrogen) atoms. The Hall–Kier alpha value is -1.09. The molecule has 1 N–H and O–H groups in total. The summed E-state index contributed by atoms with van der Waals surface area (Å²) in [5, 5.41) is 10.8. The van der Waals surface area contributed by atoms with Gasteiger partial charge in [-0.2, -0.15) is 11.8 Å². The van der Waals surface area contributed by atoms with E-state index in [1.807, 2.05) is 30.9 Å². The van der Waals surface area contributed by atoms with Crippen LogP contribution in [0.2, 0.25) is 0 Å². The molecule has 0 fully saturated rings. The number of fused-ring (bicyclic) bond motifs is 1. The van der Waals surface area contributed by atoms with Crippen molar-refractivity contribution in [2.75, 3.05) is 5.75 Å². The summed E-state index contributed by atoms with van der Waals surface area (Å²) in [6.45, 7) is 2.15. The zero-order valence-electron chi connectivity index (χ0n) is 9.03. The molecule has 0 unspecified atom stereocenters. The van der Waals surface area contributed by atoms with Crippen molar-refractivity contribution in [3.63, 3.8) is 0 Å². The lowest BCUT2D eigenvalue weighted by atomic mass is 10.2. The summed E-state index contributed by atoms with van der Waals surface area (Å²) in [5.74, 6) is 2.45. The maximum absolute atomic E-state index is 9.84. The van der Waals surface area contributed by atoms with E-state index in [1.54, 1.807) is 6.07 Å². The van der Waals surface area contributed by atoms with Crippen molar-refractivity contribution < 1.29 is 5.11 Å². The molecule has 1 heterocycles. The molecular formula is C12H15NOS. The van der Waals surface area contributed by atoms with Crippen LogP contribution >= 0.6 is 11.8 Å². The summed E-state index contributed by atoms with van der Waals surface area (Å²) in [4.78, 5) is 0. The van der Waals surface area contributed by atoms with Crippen LogP contribution in [0.15, 0.2) is 24.4 Å². The Kier molecular flexibility index (Phi) is 2.91. The third-order valence-corrected chi connectivity index (χ3v) is 3.46. The molecule has 0 radical (unpaired) electrons. The van der Waals surface area contributed by atoms with Crippen LogP contribution in [0.25, 0.3) is 10.9 Å². The first-order valence-electron chi connectivity index (χ1n) is 5.07. The maximum atomic E-state index is 9.84. The van der Waals surface area contributed by atoms with Gasteiger partial charge in [-0.1, -0.05) is 13.0 Å². The third-order valence-electron chi connectivity index (χ3n) is 2.53. The summed E-state index contributed by atoms with van der Waals surface area (Å²) in [7, 11) is 2.02. The minimum atomic E-state index is 0.389. The Balaban J connectivity index is 2.54. The quantitative estimate of drug-likeness (QED) is 0.861. The number of hydrogen-bond donors (Lipinski definition) is 1. The van der Waals surface area contributed by atoms with Gasteiger partial charge in [0.15, 0.2) is 0 Å². The smallest absolute Gasteiger partial charge is 0.125 e. The normalized spacial score (nSPS) is 11.1. The molecular weight excluding hydrogens is 206 g/mol. The highest BCUT2D eigenvalue weighted by atomic mass is 32.2. The zero-order valence-corrected chi connectivity index (χ0v) is 9.84. The number of aryl methyl sites for hydroxylation is 1. The summed E-state index contributed by atoms with van der Waals surface area (Å²) in [6.07, 6.45) is 2.10. The Morgan fingerprint density at radius 1 is 1.40 bits per heavy atom. The van der Waals surface area contributed by atoms with E-state index in [-0.39, 0.29) is 0 Å². The fourth-order valence-corrected chi connectivity index (χ4v) is 2.48. The maximum Gasteiger partial charge on any atom is 0.125 e. The van der Waals surface area contributed by atoms with Crippen molar-refractivity contribution in [2.24, 2.45) is 7.05 Å². The highest BCUT2D eigenvalue weighted by Crippen LogP contribution is 2.31. The third kappa shape index (κ3) is 1.84. The molecule has 3 heteroatoms. The van der Waals surface area contributed by atoms with Crippen LogP contribution in [0.1, 0.15) is 12.5 Å². The van der Waals surface area contributed by atoms with Crippen LogP contribution in [-0.4, -0.2) is 15.4 Å². The van der Waals surface area contributed by atoms with Gasteiger partial charge >= 0.3 is 0 Å². The van der Waals surface area contributed by atoms with Gasteiger partial charge in [-0.3, -0.25) is 0 Å². The molecule has 0 amide bonds. The van der Waals surface area contributed by atoms with Crippen LogP contribution < -0.4 is 0 Å². The Morgan fingerprint density at radius 2 is 2.20 bits per heavy atom. The van der Waals surface area contributed by atoms with Crippen LogP contribution in [0.4, 0.5) is 0 Å². The summed E-state index contributed by atoms with van der Waals surface area (Å²) in [6, 6.07) is 5.67. The first-order chi connectivity index (χ1) is 7.24. The van der Waals surface area contributed by atoms with E-state index in [0.29, 0.717) is 5.75 Å². The Bertz CT molecular complexity index is 476. The number of nitrogens with zero attached hydrogens (tertiary/aromatic N) is 1. The number of hydrogen-bond acceptors (Lipinski definition) is 2. The molecule has 1 aromatic heterocycles. The van der Waals surface area contributed by atoms with Crippen molar-refractivity contribution in [1.82, 2.24) is 4.57 Å². The lowest BCUT2D eigenvalue weighted by molar-refractivity contribution is 0.481. The van der Waals surface area contributed by atoms with Crippen molar-refractivity contribution in [3.8, 4) is 5.75 Å². The highest BCUT2D eigenvalue weighted by molar-refractivity contribution is 7.98. The Morgan fingerprint density at radius 3 is 2.93 bits per heavy atom. The molecule has 80 valence electrons. The monoisotopic (exact) mass is 221 g/mol. The van der Waals surface area contributed by atoms with Gasteiger partial charge < -0.3 is 9.67 Å². The van der Waals surface area contributed by atoms with E-state index in [0.717, 1.165) is 22.4 Å². The van der Waals surface area contributed by atoms with Crippen molar-refractivity contribution in [2.45, 2.75) is 12.7 Å². The molecule has 0 bridgehead atoms. The molecule has 0 spiro atoms. The van der Waals surface area contributed by atoms with Crippen LogP contribution in [0.5, 0.6) is 5.75 Å². The van der Waals surface area contributed by atoms with Crippen LogP contribution in [-0.2, 0) is 12.8 Å². The van der Waals surface area contributed by atoms with E-state index in [2.05, 4.69) is 17.7 Å². The van der Waals surface area contributed by atoms with Crippen molar-refractivity contribution in [3.05, 3.63) is 30.0 Å². The fraction of sp³-hybridized carbons (Fsp3) is 0.333. The lowest BCUT2D eigenvalue weighted by Crippen LogP contribution is -1.82. The molecule has 0 saturated heterocycles. The van der Waals surface area contributed by atoms with Crippen LogP contribution in [0, 0.1) is 0 Å². The number of phenols is 1. The summed E-state index contributed by atoms with van der Waals surface area (Å²) >= 11 is 1.87. The fourth-order valence-electron chi connectivity index (χ4n) is 1.84. The summed E-state index contributed by atoms with van der Waals surface area (Å²) in [5.41, 5.74) is 2.32. The van der Waals surface area contributed by atoms with Crippen LogP contribution in [0.3, 0.4) is 0 Å². The predicted octanol–water partition coefficient (Wildman–Crippen LogP) is 3.14. The van der Waals surface area contributed by atoms with Crippen molar-refractivity contribution >= 4 is 22.7 Å². The second-order valence-electron chi connectivity index (χ2n) is 3.57. The van der Waals surface area contributed by atoms with Gasteiger partial charge in [0.2, 0.25) is 0 Å². The van der Waals surface area contributed by atoms with E-state index in [9.17, 15) is 5.11 Å². The van der Waals surface area contributed by atoms with Gasteiger partial charge in [0, 0.05) is 24.4 Å². The van der Waals surface area contributed by atoms with Gasteiger partial charge in [0.25, 0.3) is 0 Å². The Labute approximate surface area is 93.9 Å². The molecule has 2 rings (SSSR count). The number of aromatic hydroxyl groups is 1. The second-order valence-corrected chi connectivity index (χ2v) is 4.85. The predicted molar refractivity (Wildman–Crippen MR) is 66.4 cm³/mol. The topological polar surface area (TPSA) is 25.2 Å². The first kappa shape index (κ1) is 10.4. The molecule has 0 saturated carbocycles. The molecule has 0 aliphatic rings. The first-order valence-corrected chi connectivity index (χ1v) is 6.23. The van der Waals surface area contributed by atoms with Gasteiger partial charge in [0.05, 0.1) is 5.52 Å². The number of phenolic OH excluding ortho intramolecular Hbond substituents is 1. The molecule has 2 aromatic rings. The number of aromatic nitrogens is 1. The van der Waals surface area contributed by atoms with Gasteiger partial charge in [-0.15, -0.1) is 0 Å². The van der Waals surface area contributed by atoms with Gasteiger partial charge in [-0.05, 0) is 23.4 Å². The van der Waals surface area contributed by atoms with Gasteiger partial charge in [0.1, 0.15) is 5.75 Å². The van der Waals surface area contributed by atoms with Gasteiger partial charge in [-0.25, -0.2) is 0 Å². The average molecular weight is 221 g/mol. The number of benzene rings is 1. The summed E-state index contributed by atoms with van der Waals surface area (Å²) < 4.78 is 2.07. The lowest BCUT2D eigenvalue weighted by Gasteiger charge is -1.99. The minimum Gasteiger partial charge on any atom is -0.507 e.